The van der Waals surface area contributed by atoms with Gasteiger partial charge in [0.2, 0.25) is 0 Å². The summed E-state index contributed by atoms with van der Waals surface area (Å²) in [6, 6.07) is 10.1. The molecule has 2 heterocycles. The zero-order valence-corrected chi connectivity index (χ0v) is 8.68. The van der Waals surface area contributed by atoms with Gasteiger partial charge in [0.25, 0.3) is 0 Å². The maximum absolute atomic E-state index is 10.7. The van der Waals surface area contributed by atoms with Crippen LogP contribution in [0.1, 0.15) is 5.69 Å². The van der Waals surface area contributed by atoms with Gasteiger partial charge < -0.3 is 14.5 Å². The van der Waals surface area contributed by atoms with Gasteiger partial charge in [-0.2, -0.15) is 0 Å². The number of rotatable bonds is 4. The summed E-state index contributed by atoms with van der Waals surface area (Å²) >= 11 is 0. The molecule has 0 radical (unpaired) electrons. The summed E-state index contributed by atoms with van der Waals surface area (Å²) in [7, 11) is 1.80. The Morgan fingerprint density at radius 2 is 2.27 bits per heavy atom. The van der Waals surface area contributed by atoms with Crippen LogP contribution in [0.4, 0.5) is 0 Å². The molecule has 2 aromatic rings. The van der Waals surface area contributed by atoms with Crippen molar-refractivity contribution in [3.8, 4) is 0 Å². The van der Waals surface area contributed by atoms with Crippen molar-refractivity contribution in [2.24, 2.45) is 0 Å². The van der Waals surface area contributed by atoms with Crippen LogP contribution in [0.5, 0.6) is 0 Å². The maximum Gasteiger partial charge on any atom is 0.137 e. The smallest absolute Gasteiger partial charge is 0.137 e. The molecule has 0 spiro atoms. The first kappa shape index (κ1) is 9.93. The average molecular weight is 202 g/mol. The van der Waals surface area contributed by atoms with E-state index in [2.05, 4.69) is 27.9 Å². The number of carbonyl (C=O) groups excluding carboxylic acids is 1. The Kier molecular flexibility index (Phi) is 2.83. The van der Waals surface area contributed by atoms with Gasteiger partial charge in [0, 0.05) is 23.8 Å². The Morgan fingerprint density at radius 1 is 1.40 bits per heavy atom. The minimum atomic E-state index is -0.108. The molecule has 2 rings (SSSR count). The molecule has 2 aromatic heterocycles. The summed E-state index contributed by atoms with van der Waals surface area (Å²) in [6.07, 6.45) is 3.68. The highest BCUT2D eigenvalue weighted by Crippen LogP contribution is 2.11. The van der Waals surface area contributed by atoms with Crippen molar-refractivity contribution in [1.82, 2.24) is 9.72 Å². The van der Waals surface area contributed by atoms with E-state index in [1.807, 2.05) is 18.3 Å². The SMILES string of the molecule is CN[C@H](C=O)Cc1ccc2ccccn12. The van der Waals surface area contributed by atoms with Gasteiger partial charge in [0.1, 0.15) is 6.29 Å². The first-order chi connectivity index (χ1) is 7.35. The zero-order valence-electron chi connectivity index (χ0n) is 8.68. The van der Waals surface area contributed by atoms with Crippen molar-refractivity contribution in [2.75, 3.05) is 7.05 Å². The van der Waals surface area contributed by atoms with E-state index < -0.39 is 0 Å². The van der Waals surface area contributed by atoms with Gasteiger partial charge in [-0.25, -0.2) is 0 Å². The van der Waals surface area contributed by atoms with Crippen LogP contribution in [0, 0.1) is 0 Å². The van der Waals surface area contributed by atoms with Crippen molar-refractivity contribution >= 4 is 11.8 Å². The number of hydrogen-bond donors (Lipinski definition) is 1. The first-order valence-electron chi connectivity index (χ1n) is 5.02. The average Bonchev–Trinajstić information content (AvgIpc) is 2.69. The van der Waals surface area contributed by atoms with E-state index in [1.165, 1.54) is 0 Å². The molecule has 1 atom stereocenters. The third kappa shape index (κ3) is 1.92. The highest BCUT2D eigenvalue weighted by Gasteiger charge is 2.08. The molecule has 3 nitrogen and oxygen atoms in total. The summed E-state index contributed by atoms with van der Waals surface area (Å²) in [5.41, 5.74) is 2.31. The highest BCUT2D eigenvalue weighted by atomic mass is 16.1. The Labute approximate surface area is 88.7 Å². The Bertz CT molecular complexity index is 461. The first-order valence-corrected chi connectivity index (χ1v) is 5.02. The number of nitrogens with one attached hydrogen (secondary N) is 1. The summed E-state index contributed by atoms with van der Waals surface area (Å²) in [4.78, 5) is 10.7. The molecule has 15 heavy (non-hydrogen) atoms. The number of aromatic nitrogens is 1. The second-order valence-electron chi connectivity index (χ2n) is 3.56. The third-order valence-electron chi connectivity index (χ3n) is 2.61. The number of carbonyl (C=O) groups is 1. The summed E-state index contributed by atoms with van der Waals surface area (Å²) in [6.45, 7) is 0. The minimum Gasteiger partial charge on any atom is -0.321 e. The topological polar surface area (TPSA) is 33.5 Å². The molecule has 0 aliphatic rings. The van der Waals surface area contributed by atoms with Crippen molar-refractivity contribution in [1.29, 1.82) is 0 Å². The normalized spacial score (nSPS) is 12.9. The number of hydrogen-bond acceptors (Lipinski definition) is 2. The lowest BCUT2D eigenvalue weighted by Crippen LogP contribution is -2.29. The molecule has 78 valence electrons. The summed E-state index contributed by atoms with van der Waals surface area (Å²) in [5.74, 6) is 0. The van der Waals surface area contributed by atoms with Gasteiger partial charge >= 0.3 is 0 Å². The zero-order chi connectivity index (χ0) is 10.7. The molecule has 0 aliphatic heterocycles. The van der Waals surface area contributed by atoms with E-state index in [9.17, 15) is 4.79 Å². The largest absolute Gasteiger partial charge is 0.321 e. The Balaban J connectivity index is 2.32. The molecule has 0 unspecified atom stereocenters. The van der Waals surface area contributed by atoms with E-state index in [0.717, 1.165) is 23.9 Å². The fraction of sp³-hybridized carbons (Fsp3) is 0.250. The molecule has 0 saturated carbocycles. The van der Waals surface area contributed by atoms with E-state index in [0.29, 0.717) is 0 Å². The highest BCUT2D eigenvalue weighted by molar-refractivity contribution is 5.59. The molecule has 0 saturated heterocycles. The van der Waals surface area contributed by atoms with Crippen LogP contribution in [0.25, 0.3) is 5.52 Å². The van der Waals surface area contributed by atoms with Gasteiger partial charge in [-0.3, -0.25) is 0 Å². The maximum atomic E-state index is 10.7. The van der Waals surface area contributed by atoms with E-state index in [-0.39, 0.29) is 6.04 Å². The molecule has 0 aromatic carbocycles. The van der Waals surface area contributed by atoms with Gasteiger partial charge in [0.05, 0.1) is 6.04 Å². The quantitative estimate of drug-likeness (QED) is 0.757. The van der Waals surface area contributed by atoms with Crippen LogP contribution in [0.15, 0.2) is 36.5 Å². The second kappa shape index (κ2) is 4.28. The van der Waals surface area contributed by atoms with Crippen LogP contribution in [0.2, 0.25) is 0 Å². The van der Waals surface area contributed by atoms with Crippen molar-refractivity contribution < 1.29 is 4.79 Å². The Morgan fingerprint density at radius 3 is 3.00 bits per heavy atom. The van der Waals surface area contributed by atoms with Gasteiger partial charge in [-0.1, -0.05) is 6.07 Å². The number of aldehydes is 1. The Hall–Kier alpha value is -1.61. The fourth-order valence-corrected chi connectivity index (χ4v) is 1.73. The van der Waals surface area contributed by atoms with Gasteiger partial charge in [0.15, 0.2) is 0 Å². The van der Waals surface area contributed by atoms with Crippen molar-refractivity contribution in [3.63, 3.8) is 0 Å². The van der Waals surface area contributed by atoms with Gasteiger partial charge in [-0.05, 0) is 31.3 Å². The molecule has 0 aliphatic carbocycles. The molecule has 0 amide bonds. The monoisotopic (exact) mass is 202 g/mol. The number of likely N-dealkylation sites (N-methyl/N-ethyl adjacent to an activating group) is 1. The van der Waals surface area contributed by atoms with Crippen LogP contribution < -0.4 is 5.32 Å². The fourth-order valence-electron chi connectivity index (χ4n) is 1.73. The van der Waals surface area contributed by atoms with E-state index >= 15 is 0 Å². The van der Waals surface area contributed by atoms with Crippen molar-refractivity contribution in [2.45, 2.75) is 12.5 Å². The van der Waals surface area contributed by atoms with Crippen LogP contribution >= 0.6 is 0 Å². The van der Waals surface area contributed by atoms with Gasteiger partial charge in [-0.15, -0.1) is 0 Å². The molecule has 3 heteroatoms. The molecule has 1 N–H and O–H groups in total. The van der Waals surface area contributed by atoms with Crippen LogP contribution in [0.3, 0.4) is 0 Å². The van der Waals surface area contributed by atoms with E-state index in [1.54, 1.807) is 7.05 Å². The van der Waals surface area contributed by atoms with Crippen LogP contribution in [-0.2, 0) is 11.2 Å². The predicted molar refractivity (Wildman–Crippen MR) is 60.0 cm³/mol. The molecule has 0 fully saturated rings. The number of pyridine rings is 1. The lowest BCUT2D eigenvalue weighted by molar-refractivity contribution is -0.109. The van der Waals surface area contributed by atoms with E-state index in [4.69, 9.17) is 0 Å². The van der Waals surface area contributed by atoms with Crippen LogP contribution in [-0.4, -0.2) is 23.8 Å². The predicted octanol–water partition coefficient (Wildman–Crippen LogP) is 1.27. The lowest BCUT2D eigenvalue weighted by atomic mass is 10.2. The molecular formula is C12H14N2O. The van der Waals surface area contributed by atoms with Crippen molar-refractivity contribution in [3.05, 3.63) is 42.2 Å². The number of fused-ring (bicyclic) bond motifs is 1. The summed E-state index contributed by atoms with van der Waals surface area (Å²) < 4.78 is 2.10. The third-order valence-corrected chi connectivity index (χ3v) is 2.61. The number of nitrogens with zero attached hydrogens (tertiary/aromatic N) is 1. The lowest BCUT2D eigenvalue weighted by Gasteiger charge is -2.08. The second-order valence-corrected chi connectivity index (χ2v) is 3.56. The summed E-state index contributed by atoms with van der Waals surface area (Å²) in [5, 5.41) is 2.97. The molecular weight excluding hydrogens is 188 g/mol. The standard InChI is InChI=1S/C12H14N2O/c1-13-10(9-15)8-12-6-5-11-4-2-3-7-14(11)12/h2-7,9-10,13H,8H2,1H3/t10-/m0/s1. The minimum absolute atomic E-state index is 0.108. The molecule has 0 bridgehead atoms.